The Kier molecular flexibility index (Phi) is 4.97. The maximum atomic E-state index is 14.6. The summed E-state index contributed by atoms with van der Waals surface area (Å²) in [4.78, 5) is 44.9. The number of para-hydroxylation sites is 1. The molecule has 1 aromatic heterocycles. The molecule has 0 radical (unpaired) electrons. The van der Waals surface area contributed by atoms with Crippen LogP contribution in [0.25, 0.3) is 6.08 Å². The number of ketones is 2. The van der Waals surface area contributed by atoms with Crippen LogP contribution in [-0.4, -0.2) is 28.4 Å². The lowest BCUT2D eigenvalue weighted by Crippen LogP contribution is -2.49. The number of benzene rings is 3. The molecule has 0 aliphatic carbocycles. The third-order valence-corrected chi connectivity index (χ3v) is 8.27. The molecule has 3 aromatic carbocycles. The van der Waals surface area contributed by atoms with E-state index in [4.69, 9.17) is 16.0 Å². The normalized spacial score (nSPS) is 24.6. The number of nitrogens with one attached hydrogen (secondary N) is 1. The third-order valence-electron chi connectivity index (χ3n) is 8.01. The summed E-state index contributed by atoms with van der Waals surface area (Å²) in [6, 6.07) is 23.5. The average Bonchev–Trinajstić information content (AvgIpc) is 3.65. The fourth-order valence-electron chi connectivity index (χ4n) is 6.53. The zero-order valence-corrected chi connectivity index (χ0v) is 20.8. The van der Waals surface area contributed by atoms with Gasteiger partial charge in [0.15, 0.2) is 11.5 Å². The zero-order chi connectivity index (χ0) is 26.0. The number of rotatable bonds is 4. The van der Waals surface area contributed by atoms with Crippen LogP contribution in [0.3, 0.4) is 0 Å². The predicted octanol–water partition coefficient (Wildman–Crippen LogP) is 5.91. The van der Waals surface area contributed by atoms with Gasteiger partial charge in [-0.25, -0.2) is 0 Å². The molecule has 1 fully saturated rings. The smallest absolute Gasteiger partial charge is 0.238 e. The lowest BCUT2D eigenvalue weighted by atomic mass is 9.62. The second kappa shape index (κ2) is 8.30. The number of amides is 1. The van der Waals surface area contributed by atoms with Crippen LogP contribution in [0, 0.1) is 5.92 Å². The topological polar surface area (TPSA) is 79.6 Å². The maximum Gasteiger partial charge on any atom is 0.238 e. The first-order chi connectivity index (χ1) is 18.5. The lowest BCUT2D eigenvalue weighted by molar-refractivity contribution is -0.122. The van der Waals surface area contributed by atoms with Gasteiger partial charge in [-0.2, -0.15) is 0 Å². The second-order valence-corrected chi connectivity index (χ2v) is 10.2. The van der Waals surface area contributed by atoms with Gasteiger partial charge >= 0.3 is 0 Å². The Bertz CT molecular complexity index is 1640. The highest BCUT2D eigenvalue weighted by molar-refractivity contribution is 6.30. The van der Waals surface area contributed by atoms with E-state index in [1.165, 1.54) is 6.26 Å². The molecular formula is C31H21ClN2O4. The summed E-state index contributed by atoms with van der Waals surface area (Å²) in [7, 11) is 0. The van der Waals surface area contributed by atoms with Gasteiger partial charge in [0, 0.05) is 22.5 Å². The first kappa shape index (κ1) is 22.8. The Morgan fingerprint density at radius 2 is 1.66 bits per heavy atom. The van der Waals surface area contributed by atoms with Crippen molar-refractivity contribution >= 4 is 40.8 Å². The van der Waals surface area contributed by atoms with Crippen molar-refractivity contribution in [3.8, 4) is 0 Å². The molecule has 186 valence electrons. The largest absolute Gasteiger partial charge is 0.461 e. The van der Waals surface area contributed by atoms with Crippen molar-refractivity contribution in [3.63, 3.8) is 0 Å². The van der Waals surface area contributed by atoms with Gasteiger partial charge in [0.05, 0.1) is 18.2 Å². The van der Waals surface area contributed by atoms with Crippen molar-refractivity contribution in [1.82, 2.24) is 4.90 Å². The van der Waals surface area contributed by atoms with E-state index in [0.717, 1.165) is 11.1 Å². The van der Waals surface area contributed by atoms with Crippen LogP contribution < -0.4 is 5.32 Å². The second-order valence-electron chi connectivity index (χ2n) is 9.80. The molecule has 1 N–H and O–H groups in total. The fraction of sp³-hybridized carbons (Fsp3) is 0.129. The molecule has 1 amide bonds. The van der Waals surface area contributed by atoms with E-state index >= 15 is 0 Å². The Morgan fingerprint density at radius 3 is 2.45 bits per heavy atom. The molecule has 4 aromatic rings. The van der Waals surface area contributed by atoms with Gasteiger partial charge in [0.2, 0.25) is 11.7 Å². The summed E-state index contributed by atoms with van der Waals surface area (Å²) in [5.74, 6) is -1.88. The summed E-state index contributed by atoms with van der Waals surface area (Å²) in [5, 5.41) is 3.53. The quantitative estimate of drug-likeness (QED) is 0.338. The highest BCUT2D eigenvalue weighted by atomic mass is 35.5. The Morgan fingerprint density at radius 1 is 0.895 bits per heavy atom. The standard InChI is InChI=1S/C31H21ClN2O4/c32-20-13-11-19(12-14-20)27(35)25-26(28(36)24-10-5-17-38-24)34-16-15-18-6-1-2-7-21(18)29(34)31(25)22-8-3-4-9-23(22)33-30(31)37/h1-17,25-26,29H,(H,33,37)/t25-,26+,29-,31+/m1/s1. The molecule has 0 saturated carbocycles. The molecule has 3 aliphatic rings. The summed E-state index contributed by atoms with van der Waals surface area (Å²) in [6.07, 6.45) is 5.20. The van der Waals surface area contributed by atoms with Crippen molar-refractivity contribution in [2.24, 2.45) is 5.92 Å². The van der Waals surface area contributed by atoms with Crippen molar-refractivity contribution in [2.45, 2.75) is 17.5 Å². The lowest BCUT2D eigenvalue weighted by Gasteiger charge is -2.38. The summed E-state index contributed by atoms with van der Waals surface area (Å²) in [6.45, 7) is 0. The van der Waals surface area contributed by atoms with Crippen LogP contribution in [0.2, 0.25) is 5.02 Å². The Labute approximate surface area is 223 Å². The van der Waals surface area contributed by atoms with E-state index in [9.17, 15) is 14.4 Å². The van der Waals surface area contributed by atoms with Crippen LogP contribution in [-0.2, 0) is 10.2 Å². The molecule has 7 heteroatoms. The SMILES string of the molecule is O=C(c1ccco1)[C@@H]1[C@H](C(=O)c2ccc(Cl)cc2)[C@]2(C(=O)Nc3ccccc32)[C@H]2c3ccccc3C=CN12. The molecule has 7 rings (SSSR count). The number of furan rings is 1. The average molecular weight is 521 g/mol. The van der Waals surface area contributed by atoms with Crippen molar-refractivity contribution in [2.75, 3.05) is 5.32 Å². The van der Waals surface area contributed by atoms with Gasteiger partial charge < -0.3 is 14.6 Å². The minimum Gasteiger partial charge on any atom is -0.461 e. The number of fused-ring (bicyclic) bond motifs is 6. The number of hydrogen-bond acceptors (Lipinski definition) is 5. The minimum absolute atomic E-state index is 0.138. The molecular weight excluding hydrogens is 500 g/mol. The van der Waals surface area contributed by atoms with Gasteiger partial charge in [0.25, 0.3) is 0 Å². The molecule has 4 heterocycles. The van der Waals surface area contributed by atoms with E-state index in [0.29, 0.717) is 21.8 Å². The summed E-state index contributed by atoms with van der Waals surface area (Å²) < 4.78 is 5.52. The summed E-state index contributed by atoms with van der Waals surface area (Å²) >= 11 is 6.13. The Balaban J connectivity index is 1.55. The highest BCUT2D eigenvalue weighted by Gasteiger charge is 2.71. The minimum atomic E-state index is -1.37. The summed E-state index contributed by atoms with van der Waals surface area (Å²) in [5.41, 5.74) is 2.17. The van der Waals surface area contributed by atoms with E-state index < -0.39 is 23.4 Å². The number of nitrogens with zero attached hydrogens (tertiary/aromatic N) is 1. The van der Waals surface area contributed by atoms with Crippen molar-refractivity contribution in [1.29, 1.82) is 0 Å². The van der Waals surface area contributed by atoms with Gasteiger partial charge in [-0.1, -0.05) is 54.1 Å². The monoisotopic (exact) mass is 520 g/mol. The molecule has 1 saturated heterocycles. The van der Waals surface area contributed by atoms with Crippen LogP contribution in [0.4, 0.5) is 5.69 Å². The van der Waals surface area contributed by atoms with Crippen LogP contribution in [0.5, 0.6) is 0 Å². The van der Waals surface area contributed by atoms with E-state index in [1.807, 2.05) is 65.7 Å². The zero-order valence-electron chi connectivity index (χ0n) is 20.0. The van der Waals surface area contributed by atoms with Crippen LogP contribution >= 0.6 is 11.6 Å². The van der Waals surface area contributed by atoms with Crippen LogP contribution in [0.15, 0.2) is 102 Å². The number of carbonyl (C=O) groups is 3. The van der Waals surface area contributed by atoms with Gasteiger partial charge in [-0.3, -0.25) is 14.4 Å². The van der Waals surface area contributed by atoms with Gasteiger partial charge in [-0.05, 0) is 65.2 Å². The van der Waals surface area contributed by atoms with E-state index in [1.54, 1.807) is 36.4 Å². The number of halogens is 1. The first-order valence-electron chi connectivity index (χ1n) is 12.3. The number of anilines is 1. The molecule has 1 spiro atoms. The van der Waals surface area contributed by atoms with Gasteiger partial charge in [0.1, 0.15) is 11.5 Å². The maximum absolute atomic E-state index is 14.6. The Hall–Kier alpha value is -4.42. The molecule has 3 aliphatic heterocycles. The molecule has 0 bridgehead atoms. The predicted molar refractivity (Wildman–Crippen MR) is 143 cm³/mol. The molecule has 38 heavy (non-hydrogen) atoms. The van der Waals surface area contributed by atoms with Crippen LogP contribution in [0.1, 0.15) is 43.6 Å². The van der Waals surface area contributed by atoms with Crippen molar-refractivity contribution < 1.29 is 18.8 Å². The van der Waals surface area contributed by atoms with E-state index in [-0.39, 0.29) is 23.2 Å². The number of hydrogen-bond donors (Lipinski definition) is 1. The fourth-order valence-corrected chi connectivity index (χ4v) is 6.65. The highest BCUT2D eigenvalue weighted by Crippen LogP contribution is 2.62. The third kappa shape index (κ3) is 2.98. The van der Waals surface area contributed by atoms with Crippen molar-refractivity contribution in [3.05, 3.63) is 130 Å². The molecule has 0 unspecified atom stereocenters. The number of Topliss-reactive ketones (excluding diaryl/α,β-unsaturated/α-hetero) is 2. The first-order valence-corrected chi connectivity index (χ1v) is 12.7. The molecule has 4 atom stereocenters. The molecule has 6 nitrogen and oxygen atoms in total. The van der Waals surface area contributed by atoms with Gasteiger partial charge in [-0.15, -0.1) is 0 Å². The number of carbonyl (C=O) groups excluding carboxylic acids is 3. The van der Waals surface area contributed by atoms with E-state index in [2.05, 4.69) is 5.32 Å².